The fourth-order valence-electron chi connectivity index (χ4n) is 1.98. The van der Waals surface area contributed by atoms with Crippen LogP contribution in [-0.4, -0.2) is 25.5 Å². The SMILES string of the molecule is Cc1cc(Oc2cccc(C(N)=O)c2)n2nc(C(F)(F)F)nc2n1. The molecule has 0 atom stereocenters. The molecule has 0 saturated carbocycles. The summed E-state index contributed by atoms with van der Waals surface area (Å²) in [5, 5.41) is 3.38. The van der Waals surface area contributed by atoms with E-state index in [0.717, 1.165) is 4.52 Å². The molecule has 24 heavy (non-hydrogen) atoms. The maximum Gasteiger partial charge on any atom is 0.453 e. The minimum absolute atomic E-state index is 0.0258. The number of hydrogen-bond donors (Lipinski definition) is 1. The Bertz CT molecular complexity index is 936. The highest BCUT2D eigenvalue weighted by Gasteiger charge is 2.37. The van der Waals surface area contributed by atoms with Gasteiger partial charge >= 0.3 is 6.18 Å². The molecule has 2 N–H and O–H groups in total. The lowest BCUT2D eigenvalue weighted by Crippen LogP contribution is -2.10. The van der Waals surface area contributed by atoms with Crippen molar-refractivity contribution in [1.29, 1.82) is 0 Å². The molecule has 0 aliphatic carbocycles. The highest BCUT2D eigenvalue weighted by atomic mass is 19.4. The number of rotatable bonds is 3. The smallest absolute Gasteiger partial charge is 0.439 e. The number of carbonyl (C=O) groups excluding carboxylic acids is 1. The van der Waals surface area contributed by atoms with Crippen LogP contribution in [0.2, 0.25) is 0 Å². The number of fused-ring (bicyclic) bond motifs is 1. The summed E-state index contributed by atoms with van der Waals surface area (Å²) in [4.78, 5) is 18.4. The molecule has 0 radical (unpaired) electrons. The van der Waals surface area contributed by atoms with Gasteiger partial charge < -0.3 is 10.5 Å². The predicted molar refractivity (Wildman–Crippen MR) is 75.6 cm³/mol. The lowest BCUT2D eigenvalue weighted by Gasteiger charge is -2.08. The van der Waals surface area contributed by atoms with Gasteiger partial charge in [0.15, 0.2) is 0 Å². The van der Waals surface area contributed by atoms with E-state index in [1.165, 1.54) is 30.3 Å². The Morgan fingerprint density at radius 3 is 2.67 bits per heavy atom. The molecule has 7 nitrogen and oxygen atoms in total. The van der Waals surface area contributed by atoms with Crippen LogP contribution < -0.4 is 10.5 Å². The van der Waals surface area contributed by atoms with Crippen molar-refractivity contribution in [3.63, 3.8) is 0 Å². The molecule has 124 valence electrons. The summed E-state index contributed by atoms with van der Waals surface area (Å²) >= 11 is 0. The number of primary amides is 1. The Kier molecular flexibility index (Phi) is 3.59. The van der Waals surface area contributed by atoms with E-state index in [-0.39, 0.29) is 23.0 Å². The van der Waals surface area contributed by atoms with Crippen LogP contribution in [0.4, 0.5) is 13.2 Å². The lowest BCUT2D eigenvalue weighted by atomic mass is 10.2. The number of aryl methyl sites for hydroxylation is 1. The minimum atomic E-state index is -4.70. The second-order valence-electron chi connectivity index (χ2n) is 4.87. The molecule has 0 unspecified atom stereocenters. The maximum atomic E-state index is 12.8. The van der Waals surface area contributed by atoms with Crippen molar-refractivity contribution in [3.05, 3.63) is 47.4 Å². The Labute approximate surface area is 132 Å². The van der Waals surface area contributed by atoms with Crippen LogP contribution in [0.15, 0.2) is 30.3 Å². The molecule has 1 amide bonds. The summed E-state index contributed by atoms with van der Waals surface area (Å²) < 4.78 is 44.7. The first-order valence-electron chi connectivity index (χ1n) is 6.63. The summed E-state index contributed by atoms with van der Waals surface area (Å²) in [5.41, 5.74) is 5.78. The molecule has 0 bridgehead atoms. The van der Waals surface area contributed by atoms with Crippen LogP contribution >= 0.6 is 0 Å². The van der Waals surface area contributed by atoms with Crippen molar-refractivity contribution in [1.82, 2.24) is 19.6 Å². The van der Waals surface area contributed by atoms with Gasteiger partial charge in [-0.1, -0.05) is 6.07 Å². The summed E-state index contributed by atoms with van der Waals surface area (Å²) in [6.07, 6.45) is -4.70. The molecule has 3 aromatic rings. The number of nitrogens with two attached hydrogens (primary N) is 1. The Morgan fingerprint density at radius 2 is 2.00 bits per heavy atom. The van der Waals surface area contributed by atoms with E-state index in [1.807, 2.05) is 0 Å². The average molecular weight is 337 g/mol. The molecule has 0 aliphatic heterocycles. The molecular formula is C14H10F3N5O2. The predicted octanol–water partition coefficient (Wildman–Crippen LogP) is 2.34. The number of hydrogen-bond acceptors (Lipinski definition) is 5. The van der Waals surface area contributed by atoms with E-state index in [4.69, 9.17) is 10.5 Å². The van der Waals surface area contributed by atoms with E-state index in [0.29, 0.717) is 5.69 Å². The summed E-state index contributed by atoms with van der Waals surface area (Å²) in [6.45, 7) is 1.58. The standard InChI is InChI=1S/C14H10F3N5O2/c1-7-5-10(24-9-4-2-3-8(6-9)11(18)23)22-13(19-7)20-12(21-22)14(15,16)17/h2-6H,1H3,(H2,18,23). The fraction of sp³-hybridized carbons (Fsp3) is 0.143. The van der Waals surface area contributed by atoms with Gasteiger partial charge in [0.2, 0.25) is 11.8 Å². The van der Waals surface area contributed by atoms with Crippen molar-refractivity contribution in [2.45, 2.75) is 13.1 Å². The van der Waals surface area contributed by atoms with Crippen LogP contribution in [-0.2, 0) is 6.18 Å². The van der Waals surface area contributed by atoms with Crippen LogP contribution in [0.25, 0.3) is 5.78 Å². The van der Waals surface area contributed by atoms with E-state index in [9.17, 15) is 18.0 Å². The molecule has 10 heteroatoms. The number of ether oxygens (including phenoxy) is 1. The Morgan fingerprint density at radius 1 is 1.25 bits per heavy atom. The van der Waals surface area contributed by atoms with Gasteiger partial charge in [-0.15, -0.1) is 5.10 Å². The van der Waals surface area contributed by atoms with Gasteiger partial charge in [0.1, 0.15) is 5.75 Å². The van der Waals surface area contributed by atoms with Crippen LogP contribution in [0.1, 0.15) is 21.9 Å². The highest BCUT2D eigenvalue weighted by molar-refractivity contribution is 5.93. The maximum absolute atomic E-state index is 12.8. The minimum Gasteiger partial charge on any atom is -0.439 e. The van der Waals surface area contributed by atoms with Gasteiger partial charge in [-0.05, 0) is 25.1 Å². The largest absolute Gasteiger partial charge is 0.453 e. The molecular weight excluding hydrogens is 327 g/mol. The number of alkyl halides is 3. The van der Waals surface area contributed by atoms with Crippen molar-refractivity contribution in [2.24, 2.45) is 5.73 Å². The second kappa shape index (κ2) is 5.48. The Hall–Kier alpha value is -3.17. The zero-order valence-corrected chi connectivity index (χ0v) is 12.2. The molecule has 2 heterocycles. The third kappa shape index (κ3) is 2.98. The van der Waals surface area contributed by atoms with E-state index >= 15 is 0 Å². The van der Waals surface area contributed by atoms with Gasteiger partial charge in [0.25, 0.3) is 11.6 Å². The molecule has 0 aliphatic rings. The third-order valence-electron chi connectivity index (χ3n) is 3.00. The quantitative estimate of drug-likeness (QED) is 0.791. The zero-order valence-electron chi connectivity index (χ0n) is 12.2. The second-order valence-corrected chi connectivity index (χ2v) is 4.87. The van der Waals surface area contributed by atoms with Crippen molar-refractivity contribution < 1.29 is 22.7 Å². The van der Waals surface area contributed by atoms with Crippen molar-refractivity contribution in [3.8, 4) is 11.6 Å². The number of aromatic nitrogens is 4. The highest BCUT2D eigenvalue weighted by Crippen LogP contribution is 2.28. The first kappa shape index (κ1) is 15.7. The first-order chi connectivity index (χ1) is 11.2. The summed E-state index contributed by atoms with van der Waals surface area (Å²) in [7, 11) is 0. The topological polar surface area (TPSA) is 95.4 Å². The monoisotopic (exact) mass is 337 g/mol. The van der Waals surface area contributed by atoms with Gasteiger partial charge in [-0.2, -0.15) is 22.7 Å². The molecule has 1 aromatic carbocycles. The molecule has 0 spiro atoms. The fourth-order valence-corrected chi connectivity index (χ4v) is 1.98. The number of amides is 1. The molecule has 0 fully saturated rings. The van der Waals surface area contributed by atoms with Crippen LogP contribution in [0, 0.1) is 6.92 Å². The van der Waals surface area contributed by atoms with E-state index < -0.39 is 17.9 Å². The normalized spacial score (nSPS) is 11.7. The van der Waals surface area contributed by atoms with Crippen LogP contribution in [0.3, 0.4) is 0 Å². The average Bonchev–Trinajstić information content (AvgIpc) is 2.91. The molecule has 2 aromatic heterocycles. The first-order valence-corrected chi connectivity index (χ1v) is 6.63. The summed E-state index contributed by atoms with van der Waals surface area (Å²) in [6, 6.07) is 7.31. The molecule has 3 rings (SSSR count). The van der Waals surface area contributed by atoms with E-state index in [2.05, 4.69) is 15.1 Å². The number of nitrogens with zero attached hydrogens (tertiary/aromatic N) is 4. The van der Waals surface area contributed by atoms with E-state index in [1.54, 1.807) is 6.92 Å². The number of halogens is 3. The number of benzene rings is 1. The summed E-state index contributed by atoms with van der Waals surface area (Å²) in [5.74, 6) is -2.04. The van der Waals surface area contributed by atoms with Gasteiger partial charge in [-0.3, -0.25) is 4.79 Å². The van der Waals surface area contributed by atoms with Crippen LogP contribution in [0.5, 0.6) is 11.6 Å². The third-order valence-corrected chi connectivity index (χ3v) is 3.00. The van der Waals surface area contributed by atoms with Gasteiger partial charge in [-0.25, -0.2) is 4.98 Å². The molecule has 0 saturated heterocycles. The Balaban J connectivity index is 2.07. The van der Waals surface area contributed by atoms with Crippen molar-refractivity contribution in [2.75, 3.05) is 0 Å². The lowest BCUT2D eigenvalue weighted by molar-refractivity contribution is -0.144. The van der Waals surface area contributed by atoms with Gasteiger partial charge in [0.05, 0.1) is 0 Å². The number of carbonyl (C=O) groups is 1. The van der Waals surface area contributed by atoms with Gasteiger partial charge in [0, 0.05) is 17.3 Å². The van der Waals surface area contributed by atoms with Crippen molar-refractivity contribution >= 4 is 11.7 Å². The zero-order chi connectivity index (χ0) is 17.5.